The summed E-state index contributed by atoms with van der Waals surface area (Å²) in [5.41, 5.74) is 1.83. The standard InChI is InChI=1S/C15H19N5O3/c1-3-11-7-5-6-8-12(11)17-14(21)10-20-16-9-13(19-20)18-15(22)23-4-2/h5-9H,3-4,10H2,1-2H3,(H,17,21)(H,18,19,22). The van der Waals surface area contributed by atoms with Gasteiger partial charge in [-0.05, 0) is 25.0 Å². The first-order chi connectivity index (χ1) is 11.1. The molecule has 1 aromatic heterocycles. The largest absolute Gasteiger partial charge is 0.450 e. The zero-order chi connectivity index (χ0) is 16.7. The number of aryl methyl sites for hydroxylation is 1. The number of rotatable bonds is 6. The van der Waals surface area contributed by atoms with E-state index in [1.54, 1.807) is 6.92 Å². The Kier molecular flexibility index (Phi) is 5.67. The van der Waals surface area contributed by atoms with Crippen LogP contribution in [0.1, 0.15) is 19.4 Å². The van der Waals surface area contributed by atoms with Crippen molar-refractivity contribution in [3.8, 4) is 0 Å². The van der Waals surface area contributed by atoms with Crippen LogP contribution in [0.25, 0.3) is 0 Å². The predicted molar refractivity (Wildman–Crippen MR) is 85.1 cm³/mol. The molecule has 0 unspecified atom stereocenters. The smallest absolute Gasteiger partial charge is 0.412 e. The van der Waals surface area contributed by atoms with E-state index >= 15 is 0 Å². The first kappa shape index (κ1) is 16.5. The summed E-state index contributed by atoms with van der Waals surface area (Å²) >= 11 is 0. The van der Waals surface area contributed by atoms with E-state index in [2.05, 4.69) is 20.8 Å². The predicted octanol–water partition coefficient (Wildman–Crippen LogP) is 2.05. The second-order valence-corrected chi connectivity index (χ2v) is 4.66. The van der Waals surface area contributed by atoms with Gasteiger partial charge in [0.05, 0.1) is 12.8 Å². The fraction of sp³-hybridized carbons (Fsp3) is 0.333. The number of ether oxygens (including phenoxy) is 1. The highest BCUT2D eigenvalue weighted by Gasteiger charge is 2.10. The van der Waals surface area contributed by atoms with E-state index in [-0.39, 0.29) is 24.9 Å². The van der Waals surface area contributed by atoms with Crippen LogP contribution in [0, 0.1) is 0 Å². The molecule has 2 rings (SSSR count). The van der Waals surface area contributed by atoms with Gasteiger partial charge in [0.15, 0.2) is 5.82 Å². The molecule has 1 heterocycles. The molecule has 2 amide bonds. The molecule has 0 saturated carbocycles. The van der Waals surface area contributed by atoms with E-state index < -0.39 is 6.09 Å². The fourth-order valence-corrected chi connectivity index (χ4v) is 1.97. The summed E-state index contributed by atoms with van der Waals surface area (Å²) in [5, 5.41) is 13.2. The van der Waals surface area contributed by atoms with Crippen molar-refractivity contribution in [3.05, 3.63) is 36.0 Å². The quantitative estimate of drug-likeness (QED) is 0.849. The van der Waals surface area contributed by atoms with Crippen LogP contribution in [-0.2, 0) is 22.5 Å². The highest BCUT2D eigenvalue weighted by molar-refractivity contribution is 5.91. The number of nitrogens with one attached hydrogen (secondary N) is 2. The summed E-state index contributed by atoms with van der Waals surface area (Å²) in [6, 6.07) is 7.60. The molecule has 1 aromatic carbocycles. The number of hydrogen-bond acceptors (Lipinski definition) is 5. The van der Waals surface area contributed by atoms with Crippen molar-refractivity contribution >= 4 is 23.5 Å². The molecule has 122 valence electrons. The second kappa shape index (κ2) is 7.92. The number of anilines is 2. The zero-order valence-corrected chi connectivity index (χ0v) is 13.1. The van der Waals surface area contributed by atoms with Crippen molar-refractivity contribution < 1.29 is 14.3 Å². The molecule has 8 heteroatoms. The Morgan fingerprint density at radius 2 is 2.00 bits per heavy atom. The summed E-state index contributed by atoms with van der Waals surface area (Å²) in [5.74, 6) is -0.0191. The molecule has 23 heavy (non-hydrogen) atoms. The minimum Gasteiger partial charge on any atom is -0.450 e. The van der Waals surface area contributed by atoms with Crippen LogP contribution < -0.4 is 10.6 Å². The summed E-state index contributed by atoms with van der Waals surface area (Å²) < 4.78 is 4.73. The first-order valence-electron chi connectivity index (χ1n) is 7.34. The summed E-state index contributed by atoms with van der Waals surface area (Å²) in [4.78, 5) is 24.5. The van der Waals surface area contributed by atoms with Crippen LogP contribution in [0.15, 0.2) is 30.5 Å². The molecule has 2 aromatic rings. The number of amides is 2. The van der Waals surface area contributed by atoms with Gasteiger partial charge in [-0.3, -0.25) is 10.1 Å². The monoisotopic (exact) mass is 317 g/mol. The third kappa shape index (κ3) is 4.80. The maximum absolute atomic E-state index is 12.1. The van der Waals surface area contributed by atoms with Crippen molar-refractivity contribution in [3.63, 3.8) is 0 Å². The first-order valence-corrected chi connectivity index (χ1v) is 7.34. The number of aromatic nitrogens is 3. The molecule has 0 aliphatic rings. The number of nitrogens with zero attached hydrogens (tertiary/aromatic N) is 3. The SMILES string of the molecule is CCOC(=O)Nc1cnn(CC(=O)Nc2ccccc2CC)n1. The normalized spacial score (nSPS) is 10.2. The maximum Gasteiger partial charge on any atom is 0.412 e. The van der Waals surface area contributed by atoms with Gasteiger partial charge < -0.3 is 10.1 Å². The number of benzene rings is 1. The van der Waals surface area contributed by atoms with E-state index in [4.69, 9.17) is 4.74 Å². The molecule has 0 bridgehead atoms. The molecule has 0 spiro atoms. The molecular formula is C15H19N5O3. The molecule has 0 aliphatic carbocycles. The van der Waals surface area contributed by atoms with E-state index in [0.717, 1.165) is 17.7 Å². The second-order valence-electron chi connectivity index (χ2n) is 4.66. The van der Waals surface area contributed by atoms with Gasteiger partial charge in [0.25, 0.3) is 0 Å². The zero-order valence-electron chi connectivity index (χ0n) is 13.1. The number of para-hydroxylation sites is 1. The lowest BCUT2D eigenvalue weighted by atomic mass is 10.1. The van der Waals surface area contributed by atoms with E-state index in [1.165, 1.54) is 11.0 Å². The average Bonchev–Trinajstić information content (AvgIpc) is 2.94. The summed E-state index contributed by atoms with van der Waals surface area (Å²) in [7, 11) is 0. The minimum absolute atomic E-state index is 0.0530. The molecule has 8 nitrogen and oxygen atoms in total. The molecule has 0 atom stereocenters. The van der Waals surface area contributed by atoms with Gasteiger partial charge in [0.1, 0.15) is 6.54 Å². The summed E-state index contributed by atoms with van der Waals surface area (Å²) in [6.45, 7) is 3.93. The minimum atomic E-state index is -0.610. The van der Waals surface area contributed by atoms with E-state index in [1.807, 2.05) is 31.2 Å². The Hall–Kier alpha value is -2.90. The topological polar surface area (TPSA) is 98.1 Å². The van der Waals surface area contributed by atoms with Crippen LogP contribution >= 0.6 is 0 Å². The van der Waals surface area contributed by atoms with Gasteiger partial charge in [-0.2, -0.15) is 9.90 Å². The summed E-state index contributed by atoms with van der Waals surface area (Å²) in [6.07, 6.45) is 1.56. The lowest BCUT2D eigenvalue weighted by Gasteiger charge is -2.09. The Labute approximate surface area is 133 Å². The van der Waals surface area contributed by atoms with Gasteiger partial charge in [-0.15, -0.1) is 5.10 Å². The molecule has 0 radical (unpaired) electrons. The van der Waals surface area contributed by atoms with E-state index in [0.29, 0.717) is 0 Å². The molecular weight excluding hydrogens is 298 g/mol. The van der Waals surface area contributed by atoms with Crippen LogP contribution in [0.5, 0.6) is 0 Å². The highest BCUT2D eigenvalue weighted by Crippen LogP contribution is 2.15. The van der Waals surface area contributed by atoms with Crippen LogP contribution in [0.4, 0.5) is 16.3 Å². The van der Waals surface area contributed by atoms with Crippen LogP contribution in [0.2, 0.25) is 0 Å². The van der Waals surface area contributed by atoms with Crippen LogP contribution in [-0.4, -0.2) is 33.6 Å². The lowest BCUT2D eigenvalue weighted by molar-refractivity contribution is -0.117. The molecule has 0 fully saturated rings. The average molecular weight is 317 g/mol. The Morgan fingerprint density at radius 1 is 1.22 bits per heavy atom. The Morgan fingerprint density at radius 3 is 2.74 bits per heavy atom. The van der Waals surface area contributed by atoms with E-state index in [9.17, 15) is 9.59 Å². The third-order valence-corrected chi connectivity index (χ3v) is 3.00. The number of carbonyl (C=O) groups excluding carboxylic acids is 2. The van der Waals surface area contributed by atoms with Gasteiger partial charge in [0.2, 0.25) is 5.91 Å². The Balaban J connectivity index is 1.93. The molecule has 0 saturated heterocycles. The van der Waals surface area contributed by atoms with Crippen molar-refractivity contribution in [1.29, 1.82) is 0 Å². The molecule has 0 aliphatic heterocycles. The van der Waals surface area contributed by atoms with Gasteiger partial charge in [0, 0.05) is 5.69 Å². The number of carbonyl (C=O) groups is 2. The maximum atomic E-state index is 12.1. The van der Waals surface area contributed by atoms with Gasteiger partial charge in [-0.1, -0.05) is 25.1 Å². The van der Waals surface area contributed by atoms with Crippen LogP contribution in [0.3, 0.4) is 0 Å². The molecule has 2 N–H and O–H groups in total. The number of hydrogen-bond donors (Lipinski definition) is 2. The van der Waals surface area contributed by atoms with Crippen molar-refractivity contribution in [2.24, 2.45) is 0 Å². The van der Waals surface area contributed by atoms with Gasteiger partial charge in [-0.25, -0.2) is 4.79 Å². The van der Waals surface area contributed by atoms with Crippen molar-refractivity contribution in [2.45, 2.75) is 26.8 Å². The van der Waals surface area contributed by atoms with Crippen molar-refractivity contribution in [2.75, 3.05) is 17.2 Å². The fourth-order valence-electron chi connectivity index (χ4n) is 1.97. The highest BCUT2D eigenvalue weighted by atomic mass is 16.5. The Bertz CT molecular complexity index is 683. The van der Waals surface area contributed by atoms with Crippen molar-refractivity contribution in [1.82, 2.24) is 15.0 Å². The van der Waals surface area contributed by atoms with Gasteiger partial charge >= 0.3 is 6.09 Å². The lowest BCUT2D eigenvalue weighted by Crippen LogP contribution is -2.21. The third-order valence-electron chi connectivity index (χ3n) is 3.00.